The molecular weight excluding hydrogens is 126 g/mol. The summed E-state index contributed by atoms with van der Waals surface area (Å²) in [5.74, 6) is 0.245. The second kappa shape index (κ2) is 2.60. The Morgan fingerprint density at radius 3 is 2.60 bits per heavy atom. The van der Waals surface area contributed by atoms with Crippen molar-refractivity contribution in [3.8, 4) is 0 Å². The zero-order valence-corrected chi connectivity index (χ0v) is 6.74. The third kappa shape index (κ3) is 1.49. The topological polar surface area (TPSA) is 29.1 Å². The molecule has 1 rings (SSSR count). The van der Waals surface area contributed by atoms with Crippen LogP contribution in [-0.4, -0.2) is 12.5 Å². The van der Waals surface area contributed by atoms with E-state index < -0.39 is 0 Å². The summed E-state index contributed by atoms with van der Waals surface area (Å²) in [5, 5.41) is 2.90. The molecule has 0 aromatic heterocycles. The van der Waals surface area contributed by atoms with E-state index in [4.69, 9.17) is 0 Å². The zero-order valence-electron chi connectivity index (χ0n) is 6.74. The van der Waals surface area contributed by atoms with Crippen LogP contribution in [0, 0.1) is 5.41 Å². The first-order valence-electron chi connectivity index (χ1n) is 3.97. The second-order valence-electron chi connectivity index (χ2n) is 3.32. The Bertz CT molecular complexity index is 138. The van der Waals surface area contributed by atoms with Gasteiger partial charge in [-0.15, -0.1) is 0 Å². The lowest BCUT2D eigenvalue weighted by Gasteiger charge is -2.07. The van der Waals surface area contributed by atoms with Crippen molar-refractivity contribution in [1.82, 2.24) is 5.32 Å². The van der Waals surface area contributed by atoms with E-state index in [2.05, 4.69) is 12.2 Å². The molecule has 1 N–H and O–H groups in total. The van der Waals surface area contributed by atoms with Gasteiger partial charge in [0.05, 0.1) is 0 Å². The predicted octanol–water partition coefficient (Wildman–Crippen LogP) is 1.31. The van der Waals surface area contributed by atoms with E-state index in [0.717, 1.165) is 25.8 Å². The minimum absolute atomic E-state index is 0.00910. The number of hydrogen-bond acceptors (Lipinski definition) is 1. The Balaban J connectivity index is 2.22. The molecule has 2 nitrogen and oxygen atoms in total. The summed E-state index contributed by atoms with van der Waals surface area (Å²) in [6, 6.07) is 0. The van der Waals surface area contributed by atoms with E-state index >= 15 is 0 Å². The molecule has 1 aliphatic rings. The van der Waals surface area contributed by atoms with Crippen LogP contribution in [0.1, 0.15) is 33.1 Å². The Hall–Kier alpha value is -0.530. The molecule has 0 radical (unpaired) electrons. The summed E-state index contributed by atoms with van der Waals surface area (Å²) < 4.78 is 0. The molecule has 58 valence electrons. The molecule has 0 spiro atoms. The van der Waals surface area contributed by atoms with Gasteiger partial charge in [-0.3, -0.25) is 4.79 Å². The number of amides is 1. The largest absolute Gasteiger partial charge is 0.356 e. The molecule has 1 fully saturated rings. The highest BCUT2D eigenvalue weighted by atomic mass is 16.2. The molecule has 0 heterocycles. The van der Waals surface area contributed by atoms with E-state index in [1.807, 2.05) is 6.92 Å². The van der Waals surface area contributed by atoms with Gasteiger partial charge in [0.1, 0.15) is 0 Å². The van der Waals surface area contributed by atoms with Gasteiger partial charge in [-0.2, -0.15) is 0 Å². The fraction of sp³-hybridized carbons (Fsp3) is 0.875. The van der Waals surface area contributed by atoms with Gasteiger partial charge >= 0.3 is 0 Å². The first-order chi connectivity index (χ1) is 4.69. The van der Waals surface area contributed by atoms with E-state index in [-0.39, 0.29) is 11.3 Å². The lowest BCUT2D eigenvalue weighted by atomic mass is 10.1. The summed E-state index contributed by atoms with van der Waals surface area (Å²) >= 11 is 0. The third-order valence-electron chi connectivity index (χ3n) is 2.08. The lowest BCUT2D eigenvalue weighted by molar-refractivity contribution is -0.125. The number of rotatable bonds is 3. The van der Waals surface area contributed by atoms with Crippen LogP contribution in [0.4, 0.5) is 0 Å². The van der Waals surface area contributed by atoms with E-state index in [1.54, 1.807) is 0 Å². The molecule has 0 aromatic carbocycles. The Morgan fingerprint density at radius 2 is 2.20 bits per heavy atom. The van der Waals surface area contributed by atoms with Crippen LogP contribution in [0.5, 0.6) is 0 Å². The molecule has 1 saturated carbocycles. The highest BCUT2D eigenvalue weighted by molar-refractivity contribution is 5.84. The normalized spacial score (nSPS) is 20.2. The molecule has 2 heteroatoms. The van der Waals surface area contributed by atoms with Gasteiger partial charge in [0, 0.05) is 12.0 Å². The highest BCUT2D eigenvalue weighted by Crippen LogP contribution is 2.44. The molecule has 0 bridgehead atoms. The van der Waals surface area contributed by atoms with Crippen LogP contribution in [0.3, 0.4) is 0 Å². The monoisotopic (exact) mass is 141 g/mol. The summed E-state index contributed by atoms with van der Waals surface area (Å²) in [6.45, 7) is 4.92. The number of hydrogen-bond donors (Lipinski definition) is 1. The highest BCUT2D eigenvalue weighted by Gasteiger charge is 2.44. The van der Waals surface area contributed by atoms with Gasteiger partial charge < -0.3 is 5.32 Å². The van der Waals surface area contributed by atoms with Crippen molar-refractivity contribution in [2.45, 2.75) is 33.1 Å². The Morgan fingerprint density at radius 1 is 1.60 bits per heavy atom. The molecule has 0 aliphatic heterocycles. The molecule has 0 saturated heterocycles. The van der Waals surface area contributed by atoms with Crippen LogP contribution < -0.4 is 5.32 Å². The second-order valence-corrected chi connectivity index (χ2v) is 3.32. The first kappa shape index (κ1) is 7.58. The fourth-order valence-electron chi connectivity index (χ4n) is 0.866. The van der Waals surface area contributed by atoms with Gasteiger partial charge in [-0.25, -0.2) is 0 Å². The third-order valence-corrected chi connectivity index (χ3v) is 2.08. The van der Waals surface area contributed by atoms with Crippen molar-refractivity contribution in [1.29, 1.82) is 0 Å². The SMILES string of the molecule is CCCNC(=O)C1(C)CC1. The first-order valence-corrected chi connectivity index (χ1v) is 3.97. The van der Waals surface area contributed by atoms with Crippen molar-refractivity contribution < 1.29 is 4.79 Å². The Kier molecular flexibility index (Phi) is 1.97. The maximum absolute atomic E-state index is 11.2. The van der Waals surface area contributed by atoms with Crippen molar-refractivity contribution in [3.63, 3.8) is 0 Å². The molecule has 0 aromatic rings. The minimum Gasteiger partial charge on any atom is -0.356 e. The van der Waals surface area contributed by atoms with E-state index in [0.29, 0.717) is 0 Å². The van der Waals surface area contributed by atoms with Crippen LogP contribution in [0.15, 0.2) is 0 Å². The quantitative estimate of drug-likeness (QED) is 0.631. The molecular formula is C8H15NO. The van der Waals surface area contributed by atoms with Crippen molar-refractivity contribution in [2.24, 2.45) is 5.41 Å². The Labute approximate surface area is 62.0 Å². The van der Waals surface area contributed by atoms with Crippen LogP contribution in [-0.2, 0) is 4.79 Å². The molecule has 0 unspecified atom stereocenters. The summed E-state index contributed by atoms with van der Waals surface area (Å²) in [5.41, 5.74) is 0.00910. The maximum Gasteiger partial charge on any atom is 0.225 e. The van der Waals surface area contributed by atoms with E-state index in [9.17, 15) is 4.79 Å². The summed E-state index contributed by atoms with van der Waals surface area (Å²) in [6.07, 6.45) is 3.17. The fourth-order valence-corrected chi connectivity index (χ4v) is 0.866. The molecule has 1 aliphatic carbocycles. The maximum atomic E-state index is 11.2. The minimum atomic E-state index is 0.00910. The van der Waals surface area contributed by atoms with Crippen molar-refractivity contribution >= 4 is 5.91 Å². The van der Waals surface area contributed by atoms with Gasteiger partial charge in [-0.05, 0) is 19.3 Å². The van der Waals surface area contributed by atoms with Gasteiger partial charge in [-0.1, -0.05) is 13.8 Å². The number of nitrogens with one attached hydrogen (secondary N) is 1. The van der Waals surface area contributed by atoms with Gasteiger partial charge in [0.25, 0.3) is 0 Å². The van der Waals surface area contributed by atoms with Crippen LogP contribution in [0.25, 0.3) is 0 Å². The van der Waals surface area contributed by atoms with Gasteiger partial charge in [0.2, 0.25) is 5.91 Å². The average Bonchev–Trinajstić information content (AvgIpc) is 2.64. The van der Waals surface area contributed by atoms with Crippen LogP contribution >= 0.6 is 0 Å². The molecule has 1 amide bonds. The lowest BCUT2D eigenvalue weighted by Crippen LogP contribution is -2.30. The van der Waals surface area contributed by atoms with Crippen molar-refractivity contribution in [3.05, 3.63) is 0 Å². The average molecular weight is 141 g/mol. The molecule has 0 atom stereocenters. The summed E-state index contributed by atoms with van der Waals surface area (Å²) in [7, 11) is 0. The standard InChI is InChI=1S/C8H15NO/c1-3-6-9-7(10)8(2)4-5-8/h3-6H2,1-2H3,(H,9,10). The number of carbonyl (C=O) groups is 1. The summed E-state index contributed by atoms with van der Waals surface area (Å²) in [4.78, 5) is 11.2. The van der Waals surface area contributed by atoms with E-state index in [1.165, 1.54) is 0 Å². The smallest absolute Gasteiger partial charge is 0.225 e. The predicted molar refractivity (Wildman–Crippen MR) is 40.6 cm³/mol. The van der Waals surface area contributed by atoms with Crippen LogP contribution in [0.2, 0.25) is 0 Å². The number of carbonyl (C=O) groups excluding carboxylic acids is 1. The van der Waals surface area contributed by atoms with Crippen molar-refractivity contribution in [2.75, 3.05) is 6.54 Å². The molecule has 10 heavy (non-hydrogen) atoms. The van der Waals surface area contributed by atoms with Gasteiger partial charge in [0.15, 0.2) is 0 Å². The zero-order chi connectivity index (χ0) is 7.61.